The largest absolute Gasteiger partial charge is 0.379 e. The first-order valence-corrected chi connectivity index (χ1v) is 11.1. The Morgan fingerprint density at radius 3 is 2.28 bits per heavy atom. The lowest BCUT2D eigenvalue weighted by molar-refractivity contribution is 0.0341. The highest BCUT2D eigenvalue weighted by Gasteiger charge is 2.21. The monoisotopic (exact) mass is 553 g/mol. The van der Waals surface area contributed by atoms with Crippen LogP contribution in [0.5, 0.6) is 0 Å². The summed E-state index contributed by atoms with van der Waals surface area (Å²) in [4.78, 5) is 11.3. The van der Waals surface area contributed by atoms with Crippen LogP contribution >= 0.6 is 24.0 Å². The van der Waals surface area contributed by atoms with Gasteiger partial charge in [0.15, 0.2) is 5.96 Å². The molecule has 2 saturated heterocycles. The standard InChI is InChI=1S/C24H32FN5O.HI/c1-26-24(30-12-10-29(11-13-30)23-9-5-4-8-22(23)25)27-18-20-6-2-3-7-21(20)19-28-14-16-31-17-15-28;/h2-9H,10-19H2,1H3,(H,26,27);1H. The predicted octanol–water partition coefficient (Wildman–Crippen LogP) is 3.17. The summed E-state index contributed by atoms with van der Waals surface area (Å²) < 4.78 is 19.6. The predicted molar refractivity (Wildman–Crippen MR) is 138 cm³/mol. The number of para-hydroxylation sites is 1. The van der Waals surface area contributed by atoms with Crippen LogP contribution in [0.1, 0.15) is 11.1 Å². The van der Waals surface area contributed by atoms with Crippen molar-refractivity contribution in [3.05, 3.63) is 65.5 Å². The van der Waals surface area contributed by atoms with Crippen molar-refractivity contribution >= 4 is 35.6 Å². The average molecular weight is 553 g/mol. The second-order valence-electron chi connectivity index (χ2n) is 7.98. The molecule has 0 atom stereocenters. The number of rotatable bonds is 5. The molecule has 32 heavy (non-hydrogen) atoms. The van der Waals surface area contributed by atoms with E-state index in [2.05, 4.69) is 49.3 Å². The maximum absolute atomic E-state index is 14.1. The molecule has 1 N–H and O–H groups in total. The van der Waals surface area contributed by atoms with Gasteiger partial charge in [0.1, 0.15) is 5.82 Å². The zero-order valence-corrected chi connectivity index (χ0v) is 21.0. The summed E-state index contributed by atoms with van der Waals surface area (Å²) in [6.07, 6.45) is 0. The Balaban J connectivity index is 0.00000289. The number of guanidine groups is 1. The molecule has 2 fully saturated rings. The minimum Gasteiger partial charge on any atom is -0.379 e. The van der Waals surface area contributed by atoms with Gasteiger partial charge in [-0.3, -0.25) is 9.89 Å². The first-order chi connectivity index (χ1) is 15.2. The third-order valence-electron chi connectivity index (χ3n) is 6.04. The molecule has 2 aliphatic rings. The zero-order chi connectivity index (χ0) is 21.5. The zero-order valence-electron chi connectivity index (χ0n) is 18.7. The molecule has 174 valence electrons. The normalized spacial score (nSPS) is 17.8. The van der Waals surface area contributed by atoms with Crippen molar-refractivity contribution in [3.8, 4) is 0 Å². The number of halogens is 2. The Hall–Kier alpha value is -1.91. The Bertz CT molecular complexity index is 882. The molecule has 6 nitrogen and oxygen atoms in total. The van der Waals surface area contributed by atoms with E-state index in [9.17, 15) is 4.39 Å². The number of nitrogens with one attached hydrogen (secondary N) is 1. The number of nitrogens with zero attached hydrogens (tertiary/aromatic N) is 4. The average Bonchev–Trinajstić information content (AvgIpc) is 2.82. The second-order valence-corrected chi connectivity index (χ2v) is 7.98. The molecule has 0 saturated carbocycles. The fourth-order valence-corrected chi connectivity index (χ4v) is 4.26. The van der Waals surface area contributed by atoms with E-state index >= 15 is 0 Å². The lowest BCUT2D eigenvalue weighted by Crippen LogP contribution is -2.52. The van der Waals surface area contributed by atoms with Gasteiger partial charge in [-0.15, -0.1) is 24.0 Å². The molecule has 0 bridgehead atoms. The number of piperazine rings is 1. The third-order valence-corrected chi connectivity index (χ3v) is 6.04. The van der Waals surface area contributed by atoms with Gasteiger partial charge >= 0.3 is 0 Å². The summed E-state index contributed by atoms with van der Waals surface area (Å²) in [7, 11) is 1.82. The van der Waals surface area contributed by atoms with Crippen LogP contribution in [0, 0.1) is 5.82 Å². The summed E-state index contributed by atoms with van der Waals surface area (Å²) in [5.41, 5.74) is 3.32. The molecule has 0 radical (unpaired) electrons. The van der Waals surface area contributed by atoms with Crippen molar-refractivity contribution in [1.29, 1.82) is 0 Å². The van der Waals surface area contributed by atoms with Gasteiger partial charge in [0.25, 0.3) is 0 Å². The molecular weight excluding hydrogens is 520 g/mol. The fourth-order valence-electron chi connectivity index (χ4n) is 4.26. The highest BCUT2D eigenvalue weighted by atomic mass is 127. The number of anilines is 1. The van der Waals surface area contributed by atoms with Gasteiger partial charge in [0.2, 0.25) is 0 Å². The van der Waals surface area contributed by atoms with Crippen molar-refractivity contribution < 1.29 is 9.13 Å². The Labute approximate surface area is 207 Å². The summed E-state index contributed by atoms with van der Waals surface area (Å²) >= 11 is 0. The van der Waals surface area contributed by atoms with Gasteiger partial charge in [0.05, 0.1) is 18.9 Å². The Kier molecular flexibility index (Phi) is 9.55. The molecule has 0 unspecified atom stereocenters. The van der Waals surface area contributed by atoms with Gasteiger partial charge < -0.3 is 19.9 Å². The van der Waals surface area contributed by atoms with E-state index in [4.69, 9.17) is 4.74 Å². The second kappa shape index (κ2) is 12.4. The van der Waals surface area contributed by atoms with Gasteiger partial charge in [-0.05, 0) is 23.3 Å². The van der Waals surface area contributed by atoms with Gasteiger partial charge in [0, 0.05) is 59.4 Å². The third kappa shape index (κ3) is 6.32. The number of aliphatic imine (C=N–C) groups is 1. The summed E-state index contributed by atoms with van der Waals surface area (Å²) in [6.45, 7) is 8.43. The van der Waals surface area contributed by atoms with Crippen LogP contribution in [0.2, 0.25) is 0 Å². The fraction of sp³-hybridized carbons (Fsp3) is 0.458. The highest BCUT2D eigenvalue weighted by Crippen LogP contribution is 2.20. The molecule has 0 amide bonds. The van der Waals surface area contributed by atoms with Crippen LogP contribution in [-0.4, -0.2) is 75.3 Å². The SMILES string of the molecule is CN=C(NCc1ccccc1CN1CCOCC1)N1CCN(c2ccccc2F)CC1.I. The lowest BCUT2D eigenvalue weighted by atomic mass is 10.1. The Morgan fingerprint density at radius 1 is 0.938 bits per heavy atom. The van der Waals surface area contributed by atoms with Crippen molar-refractivity contribution in [1.82, 2.24) is 15.1 Å². The molecule has 2 aromatic carbocycles. The van der Waals surface area contributed by atoms with Gasteiger partial charge in [-0.1, -0.05) is 36.4 Å². The molecular formula is C24H33FIN5O. The number of hydrogen-bond donors (Lipinski definition) is 1. The van der Waals surface area contributed by atoms with E-state index < -0.39 is 0 Å². The topological polar surface area (TPSA) is 43.3 Å². The van der Waals surface area contributed by atoms with Crippen molar-refractivity contribution in [2.75, 3.05) is 64.4 Å². The molecule has 2 aliphatic heterocycles. The maximum atomic E-state index is 14.1. The molecule has 8 heteroatoms. The van der Waals surface area contributed by atoms with Crippen LogP contribution in [0.4, 0.5) is 10.1 Å². The van der Waals surface area contributed by atoms with Crippen LogP contribution in [0.15, 0.2) is 53.5 Å². The molecule has 2 heterocycles. The van der Waals surface area contributed by atoms with Crippen LogP contribution in [0.25, 0.3) is 0 Å². The van der Waals surface area contributed by atoms with E-state index in [-0.39, 0.29) is 29.8 Å². The smallest absolute Gasteiger partial charge is 0.194 e. The lowest BCUT2D eigenvalue weighted by Gasteiger charge is -2.37. The molecule has 0 aromatic heterocycles. The number of ether oxygens (including phenoxy) is 1. The van der Waals surface area contributed by atoms with E-state index in [1.807, 2.05) is 19.2 Å². The number of morpholine rings is 1. The molecule has 0 spiro atoms. The summed E-state index contributed by atoms with van der Waals surface area (Å²) in [6, 6.07) is 15.6. The minimum atomic E-state index is -0.157. The van der Waals surface area contributed by atoms with Crippen molar-refractivity contribution in [2.45, 2.75) is 13.1 Å². The Morgan fingerprint density at radius 2 is 1.59 bits per heavy atom. The van der Waals surface area contributed by atoms with E-state index in [1.54, 1.807) is 6.07 Å². The number of benzene rings is 2. The van der Waals surface area contributed by atoms with Crippen molar-refractivity contribution in [3.63, 3.8) is 0 Å². The first-order valence-electron chi connectivity index (χ1n) is 11.1. The highest BCUT2D eigenvalue weighted by molar-refractivity contribution is 14.0. The number of hydrogen-bond acceptors (Lipinski definition) is 4. The van der Waals surface area contributed by atoms with E-state index in [1.165, 1.54) is 17.2 Å². The van der Waals surface area contributed by atoms with Crippen LogP contribution < -0.4 is 10.2 Å². The van der Waals surface area contributed by atoms with Crippen molar-refractivity contribution in [2.24, 2.45) is 4.99 Å². The van der Waals surface area contributed by atoms with E-state index in [0.29, 0.717) is 5.69 Å². The maximum Gasteiger partial charge on any atom is 0.194 e. The molecule has 2 aromatic rings. The van der Waals surface area contributed by atoms with Crippen LogP contribution in [0.3, 0.4) is 0 Å². The summed E-state index contributed by atoms with van der Waals surface area (Å²) in [5.74, 6) is 0.740. The summed E-state index contributed by atoms with van der Waals surface area (Å²) in [5, 5.41) is 3.54. The molecule has 0 aliphatic carbocycles. The van der Waals surface area contributed by atoms with Crippen LogP contribution in [-0.2, 0) is 17.8 Å². The quantitative estimate of drug-likeness (QED) is 0.350. The van der Waals surface area contributed by atoms with E-state index in [0.717, 1.165) is 71.5 Å². The minimum absolute atomic E-state index is 0. The molecule has 4 rings (SSSR count). The van der Waals surface area contributed by atoms with Gasteiger partial charge in [-0.25, -0.2) is 4.39 Å². The van der Waals surface area contributed by atoms with Gasteiger partial charge in [-0.2, -0.15) is 0 Å². The first kappa shape index (κ1) is 24.7.